The molecule has 3 aromatic rings. The van der Waals surface area contributed by atoms with Crippen LogP contribution in [0.3, 0.4) is 0 Å². The highest BCUT2D eigenvalue weighted by atomic mass is 35.5. The van der Waals surface area contributed by atoms with E-state index in [0.717, 1.165) is 0 Å². The van der Waals surface area contributed by atoms with Crippen molar-refractivity contribution >= 4 is 41.0 Å². The molecular formula is C22H12Cl2O4. The van der Waals surface area contributed by atoms with E-state index in [-0.39, 0.29) is 17.3 Å². The Morgan fingerprint density at radius 3 is 2.46 bits per heavy atom. The maximum Gasteiger partial charge on any atom is 0.343 e. The first-order chi connectivity index (χ1) is 13.5. The molecule has 0 bridgehead atoms. The van der Waals surface area contributed by atoms with Gasteiger partial charge in [0.2, 0.25) is 5.78 Å². The maximum absolute atomic E-state index is 12.5. The van der Waals surface area contributed by atoms with Gasteiger partial charge in [0.05, 0.1) is 21.2 Å². The van der Waals surface area contributed by atoms with E-state index in [1.165, 1.54) is 6.07 Å². The van der Waals surface area contributed by atoms with Gasteiger partial charge in [0.15, 0.2) is 5.76 Å². The van der Waals surface area contributed by atoms with Gasteiger partial charge in [-0.25, -0.2) is 4.79 Å². The van der Waals surface area contributed by atoms with Gasteiger partial charge in [-0.3, -0.25) is 4.79 Å². The number of carbonyl (C=O) groups excluding carboxylic acids is 2. The van der Waals surface area contributed by atoms with Gasteiger partial charge in [-0.05, 0) is 48.0 Å². The third-order valence-corrected chi connectivity index (χ3v) is 4.84. The fourth-order valence-corrected chi connectivity index (χ4v) is 3.03. The fraction of sp³-hybridized carbons (Fsp3) is 0. The molecule has 0 unspecified atom stereocenters. The summed E-state index contributed by atoms with van der Waals surface area (Å²) < 4.78 is 11.0. The average molecular weight is 411 g/mol. The predicted octanol–water partition coefficient (Wildman–Crippen LogP) is 5.83. The van der Waals surface area contributed by atoms with E-state index < -0.39 is 5.97 Å². The Bertz CT molecular complexity index is 1120. The summed E-state index contributed by atoms with van der Waals surface area (Å²) in [7, 11) is 0. The number of ether oxygens (including phenoxy) is 2. The molecule has 6 heteroatoms. The van der Waals surface area contributed by atoms with Crippen LogP contribution in [-0.4, -0.2) is 11.8 Å². The summed E-state index contributed by atoms with van der Waals surface area (Å²) in [5, 5.41) is 0.810. The van der Waals surface area contributed by atoms with Crippen LogP contribution >= 0.6 is 23.2 Å². The first-order valence-electron chi connectivity index (χ1n) is 8.32. The predicted molar refractivity (Wildman–Crippen MR) is 107 cm³/mol. The molecule has 0 radical (unpaired) electrons. The maximum atomic E-state index is 12.5. The second-order valence-electron chi connectivity index (χ2n) is 6.03. The van der Waals surface area contributed by atoms with E-state index in [9.17, 15) is 9.59 Å². The van der Waals surface area contributed by atoms with Crippen molar-refractivity contribution in [2.45, 2.75) is 0 Å². The second kappa shape index (κ2) is 7.50. The molecule has 0 saturated heterocycles. The van der Waals surface area contributed by atoms with Gasteiger partial charge >= 0.3 is 5.97 Å². The van der Waals surface area contributed by atoms with Gasteiger partial charge in [0, 0.05) is 6.07 Å². The lowest BCUT2D eigenvalue weighted by atomic mass is 10.1. The van der Waals surface area contributed by atoms with Crippen LogP contribution in [0.4, 0.5) is 0 Å². The van der Waals surface area contributed by atoms with Crippen molar-refractivity contribution < 1.29 is 19.1 Å². The minimum Gasteiger partial charge on any atom is -0.452 e. The number of fused-ring (bicyclic) bond motifs is 1. The summed E-state index contributed by atoms with van der Waals surface area (Å²) in [6, 6.07) is 18.3. The molecule has 1 aliphatic heterocycles. The van der Waals surface area contributed by atoms with Crippen molar-refractivity contribution in [1.29, 1.82) is 0 Å². The molecule has 0 fully saturated rings. The molecule has 4 rings (SSSR count). The Hall–Kier alpha value is -3.08. The van der Waals surface area contributed by atoms with Crippen LogP contribution in [0.1, 0.15) is 26.3 Å². The summed E-state index contributed by atoms with van der Waals surface area (Å²) in [5.74, 6) is 0.0178. The molecule has 3 aromatic carbocycles. The van der Waals surface area contributed by atoms with Crippen LogP contribution in [0.15, 0.2) is 72.5 Å². The zero-order valence-electron chi connectivity index (χ0n) is 14.3. The first kappa shape index (κ1) is 18.3. The number of carbonyl (C=O) groups is 2. The number of rotatable bonds is 3. The quantitative estimate of drug-likeness (QED) is 0.309. The molecule has 1 aliphatic rings. The van der Waals surface area contributed by atoms with Crippen LogP contribution in [-0.2, 0) is 0 Å². The fourth-order valence-electron chi connectivity index (χ4n) is 2.72. The number of benzene rings is 3. The van der Waals surface area contributed by atoms with Crippen LogP contribution < -0.4 is 9.47 Å². The number of halogens is 2. The molecule has 0 aliphatic carbocycles. The molecule has 0 saturated carbocycles. The number of hydrogen-bond donors (Lipinski definition) is 0. The van der Waals surface area contributed by atoms with Crippen molar-refractivity contribution in [3.8, 4) is 11.5 Å². The van der Waals surface area contributed by atoms with Gasteiger partial charge < -0.3 is 9.47 Å². The van der Waals surface area contributed by atoms with E-state index in [1.807, 2.05) is 6.07 Å². The number of allylic oxidation sites excluding steroid dienone is 1. The first-order valence-corrected chi connectivity index (χ1v) is 9.07. The van der Waals surface area contributed by atoms with E-state index >= 15 is 0 Å². The number of esters is 1. The Labute approximate surface area is 170 Å². The van der Waals surface area contributed by atoms with E-state index in [2.05, 4.69) is 0 Å². The van der Waals surface area contributed by atoms with Crippen LogP contribution in [0.25, 0.3) is 6.08 Å². The van der Waals surface area contributed by atoms with Gasteiger partial charge in [-0.2, -0.15) is 0 Å². The number of ketones is 1. The minimum absolute atomic E-state index is 0.153. The van der Waals surface area contributed by atoms with Crippen molar-refractivity contribution in [3.63, 3.8) is 0 Å². The number of Topliss-reactive ketones (excluding diaryl/α,β-unsaturated/α-hetero) is 1. The topological polar surface area (TPSA) is 52.6 Å². The Morgan fingerprint density at radius 2 is 1.71 bits per heavy atom. The molecule has 0 atom stereocenters. The minimum atomic E-state index is -0.489. The average Bonchev–Trinajstić information content (AvgIpc) is 3.00. The van der Waals surface area contributed by atoms with E-state index in [1.54, 1.807) is 60.7 Å². The molecule has 28 heavy (non-hydrogen) atoms. The van der Waals surface area contributed by atoms with Crippen LogP contribution in [0.2, 0.25) is 10.0 Å². The van der Waals surface area contributed by atoms with E-state index in [4.69, 9.17) is 32.7 Å². The normalized spacial score (nSPS) is 13.9. The van der Waals surface area contributed by atoms with Gasteiger partial charge in [0.25, 0.3) is 0 Å². The summed E-state index contributed by atoms with van der Waals surface area (Å²) in [5.41, 5.74) is 1.51. The summed E-state index contributed by atoms with van der Waals surface area (Å²) in [6.07, 6.45) is 1.58. The van der Waals surface area contributed by atoms with Crippen molar-refractivity contribution in [2.75, 3.05) is 0 Å². The lowest BCUT2D eigenvalue weighted by Crippen LogP contribution is -2.08. The summed E-state index contributed by atoms with van der Waals surface area (Å²) >= 11 is 11.9. The SMILES string of the molecule is O=C(Oc1ccc2c(c1)OC(=Cc1ccc(Cl)c(Cl)c1)C2=O)c1ccccc1. The monoisotopic (exact) mass is 410 g/mol. The molecule has 138 valence electrons. The lowest BCUT2D eigenvalue weighted by Gasteiger charge is -2.05. The zero-order chi connectivity index (χ0) is 19.7. The molecule has 0 spiro atoms. The molecule has 4 nitrogen and oxygen atoms in total. The number of hydrogen-bond acceptors (Lipinski definition) is 4. The molecule has 0 amide bonds. The van der Waals surface area contributed by atoms with Crippen LogP contribution in [0.5, 0.6) is 11.5 Å². The largest absolute Gasteiger partial charge is 0.452 e. The summed E-state index contributed by atoms with van der Waals surface area (Å²) in [6.45, 7) is 0. The highest BCUT2D eigenvalue weighted by molar-refractivity contribution is 6.42. The third kappa shape index (κ3) is 3.65. The third-order valence-electron chi connectivity index (χ3n) is 4.10. The van der Waals surface area contributed by atoms with Crippen molar-refractivity contribution in [2.24, 2.45) is 0 Å². The standard InChI is InChI=1S/C22H12Cl2O4/c23-17-9-6-13(10-18(17)24)11-20-21(25)16-8-7-15(12-19(16)28-20)27-22(26)14-4-2-1-3-5-14/h1-12H. The van der Waals surface area contributed by atoms with Crippen molar-refractivity contribution in [3.05, 3.63) is 99.2 Å². The second-order valence-corrected chi connectivity index (χ2v) is 6.84. The Balaban J connectivity index is 1.56. The Kier molecular flexibility index (Phi) is 4.90. The van der Waals surface area contributed by atoms with Gasteiger partial charge in [0.1, 0.15) is 11.5 Å². The van der Waals surface area contributed by atoms with Gasteiger partial charge in [-0.1, -0.05) is 47.5 Å². The van der Waals surface area contributed by atoms with E-state index in [0.29, 0.717) is 32.5 Å². The molecule has 0 aromatic heterocycles. The molecule has 1 heterocycles. The van der Waals surface area contributed by atoms with Gasteiger partial charge in [-0.15, -0.1) is 0 Å². The smallest absolute Gasteiger partial charge is 0.343 e. The van der Waals surface area contributed by atoms with Crippen LogP contribution in [0, 0.1) is 0 Å². The summed E-state index contributed by atoms with van der Waals surface area (Å²) in [4.78, 5) is 24.7. The molecule has 0 N–H and O–H groups in total. The van der Waals surface area contributed by atoms with Crippen molar-refractivity contribution in [1.82, 2.24) is 0 Å². The molecular weight excluding hydrogens is 399 g/mol. The highest BCUT2D eigenvalue weighted by Crippen LogP contribution is 2.35. The Morgan fingerprint density at radius 1 is 0.929 bits per heavy atom. The zero-order valence-corrected chi connectivity index (χ0v) is 15.8. The lowest BCUT2D eigenvalue weighted by molar-refractivity contribution is 0.0734. The highest BCUT2D eigenvalue weighted by Gasteiger charge is 2.28.